The largest absolute Gasteiger partial charge is 0.324 e. The van der Waals surface area contributed by atoms with Gasteiger partial charge in [0.25, 0.3) is 5.91 Å². The molecule has 4 rings (SSSR count). The Labute approximate surface area is 173 Å². The van der Waals surface area contributed by atoms with Crippen LogP contribution in [-0.2, 0) is 9.59 Å². The van der Waals surface area contributed by atoms with Gasteiger partial charge in [-0.25, -0.2) is 4.99 Å². The fourth-order valence-electron chi connectivity index (χ4n) is 3.25. The molecule has 0 atom stereocenters. The number of halogens is 1. The first-order valence-electron chi connectivity index (χ1n) is 9.14. The number of hydrogen-bond donors (Lipinski definition) is 1. The van der Waals surface area contributed by atoms with E-state index in [-0.39, 0.29) is 18.4 Å². The van der Waals surface area contributed by atoms with E-state index in [4.69, 9.17) is 11.6 Å². The Morgan fingerprint density at radius 2 is 1.79 bits per heavy atom. The molecule has 0 radical (unpaired) electrons. The summed E-state index contributed by atoms with van der Waals surface area (Å²) in [7, 11) is 0. The molecular formula is C23H18ClN3O2. The standard InChI is InChI=1S/C23H18ClN3O2/c1-15-7-2-4-11-19(15)26-21(28)14-27-20-12-5-3-10-18(20)22(23(27)29)25-17-9-6-8-16(24)13-17/h2-13H,14H2,1H3,(H,26,28). The highest BCUT2D eigenvalue weighted by Gasteiger charge is 2.34. The molecule has 0 spiro atoms. The summed E-state index contributed by atoms with van der Waals surface area (Å²) in [5.74, 6) is -0.586. The van der Waals surface area contributed by atoms with Crippen molar-refractivity contribution in [1.82, 2.24) is 0 Å². The first-order chi connectivity index (χ1) is 14.0. The van der Waals surface area contributed by atoms with Crippen LogP contribution in [0.4, 0.5) is 17.1 Å². The molecule has 1 aliphatic heterocycles. The van der Waals surface area contributed by atoms with Gasteiger partial charge < -0.3 is 5.32 Å². The number of nitrogens with zero attached hydrogens (tertiary/aromatic N) is 2. The molecule has 0 aromatic heterocycles. The van der Waals surface area contributed by atoms with E-state index >= 15 is 0 Å². The quantitative estimate of drug-likeness (QED) is 0.683. The number of hydrogen-bond acceptors (Lipinski definition) is 3. The molecule has 29 heavy (non-hydrogen) atoms. The van der Waals surface area contributed by atoms with Crippen molar-refractivity contribution < 1.29 is 9.59 Å². The van der Waals surface area contributed by atoms with Crippen molar-refractivity contribution in [3.05, 3.63) is 88.9 Å². The van der Waals surface area contributed by atoms with Gasteiger partial charge in [0.2, 0.25) is 5.91 Å². The first kappa shape index (κ1) is 18.9. The van der Waals surface area contributed by atoms with Crippen LogP contribution in [0.15, 0.2) is 77.8 Å². The normalized spacial score (nSPS) is 14.2. The van der Waals surface area contributed by atoms with Gasteiger partial charge in [-0.15, -0.1) is 0 Å². The number of amides is 2. The Hall–Kier alpha value is -3.44. The van der Waals surface area contributed by atoms with Gasteiger partial charge in [-0.1, -0.05) is 54.1 Å². The molecule has 0 aliphatic carbocycles. The summed E-state index contributed by atoms with van der Waals surface area (Å²) >= 11 is 6.04. The molecule has 0 saturated carbocycles. The lowest BCUT2D eigenvalue weighted by Crippen LogP contribution is -2.37. The highest BCUT2D eigenvalue weighted by Crippen LogP contribution is 2.31. The Bertz CT molecular complexity index is 1140. The molecule has 1 heterocycles. The second kappa shape index (κ2) is 7.89. The molecule has 0 fully saturated rings. The topological polar surface area (TPSA) is 61.8 Å². The van der Waals surface area contributed by atoms with E-state index in [2.05, 4.69) is 10.3 Å². The van der Waals surface area contributed by atoms with Crippen LogP contribution in [0.25, 0.3) is 0 Å². The van der Waals surface area contributed by atoms with E-state index < -0.39 is 0 Å². The highest BCUT2D eigenvalue weighted by atomic mass is 35.5. The van der Waals surface area contributed by atoms with Crippen LogP contribution >= 0.6 is 11.6 Å². The molecule has 3 aromatic rings. The fourth-order valence-corrected chi connectivity index (χ4v) is 3.43. The molecular weight excluding hydrogens is 386 g/mol. The zero-order valence-corrected chi connectivity index (χ0v) is 16.5. The second-order valence-electron chi connectivity index (χ2n) is 6.71. The van der Waals surface area contributed by atoms with Gasteiger partial charge in [0, 0.05) is 16.3 Å². The smallest absolute Gasteiger partial charge is 0.278 e. The molecule has 0 saturated heterocycles. The van der Waals surface area contributed by atoms with Crippen LogP contribution in [0, 0.1) is 6.92 Å². The van der Waals surface area contributed by atoms with Crippen LogP contribution in [-0.4, -0.2) is 24.1 Å². The van der Waals surface area contributed by atoms with E-state index in [1.54, 1.807) is 24.3 Å². The van der Waals surface area contributed by atoms with Crippen molar-refractivity contribution in [2.24, 2.45) is 4.99 Å². The summed E-state index contributed by atoms with van der Waals surface area (Å²) in [5, 5.41) is 3.41. The van der Waals surface area contributed by atoms with Crippen molar-refractivity contribution >= 4 is 46.2 Å². The molecule has 2 amide bonds. The number of aryl methyl sites for hydroxylation is 1. The number of anilines is 2. The molecule has 5 nitrogen and oxygen atoms in total. The van der Waals surface area contributed by atoms with Crippen molar-refractivity contribution in [2.45, 2.75) is 6.92 Å². The molecule has 6 heteroatoms. The average molecular weight is 404 g/mol. The Morgan fingerprint density at radius 1 is 1.03 bits per heavy atom. The molecule has 0 unspecified atom stereocenters. The predicted molar refractivity (Wildman–Crippen MR) is 116 cm³/mol. The number of fused-ring (bicyclic) bond motifs is 1. The predicted octanol–water partition coefficient (Wildman–Crippen LogP) is 4.75. The third-order valence-corrected chi connectivity index (χ3v) is 4.90. The van der Waals surface area contributed by atoms with Gasteiger partial charge in [0.15, 0.2) is 0 Å². The molecule has 1 N–H and O–H groups in total. The van der Waals surface area contributed by atoms with Crippen LogP contribution in [0.5, 0.6) is 0 Å². The minimum absolute atomic E-state index is 0.0985. The van der Waals surface area contributed by atoms with E-state index in [9.17, 15) is 9.59 Å². The van der Waals surface area contributed by atoms with Crippen molar-refractivity contribution in [3.8, 4) is 0 Å². The van der Waals surface area contributed by atoms with E-state index in [1.165, 1.54) is 4.90 Å². The SMILES string of the molecule is Cc1ccccc1NC(=O)CN1C(=O)C(=Nc2cccc(Cl)c2)c2ccccc21. The van der Waals surface area contributed by atoms with Gasteiger partial charge in [-0.3, -0.25) is 14.5 Å². The lowest BCUT2D eigenvalue weighted by atomic mass is 10.1. The van der Waals surface area contributed by atoms with Crippen LogP contribution in [0.2, 0.25) is 5.02 Å². The monoisotopic (exact) mass is 403 g/mol. The second-order valence-corrected chi connectivity index (χ2v) is 7.15. The number of carbonyl (C=O) groups is 2. The van der Waals surface area contributed by atoms with E-state index in [1.807, 2.05) is 55.5 Å². The first-order valence-corrected chi connectivity index (χ1v) is 9.52. The third-order valence-electron chi connectivity index (χ3n) is 4.67. The number of carbonyl (C=O) groups excluding carboxylic acids is 2. The van der Waals surface area contributed by atoms with Crippen LogP contribution in [0.1, 0.15) is 11.1 Å². The van der Waals surface area contributed by atoms with Crippen molar-refractivity contribution in [3.63, 3.8) is 0 Å². The van der Waals surface area contributed by atoms with Crippen LogP contribution < -0.4 is 10.2 Å². The van der Waals surface area contributed by atoms with E-state index in [0.29, 0.717) is 27.7 Å². The average Bonchev–Trinajstić information content (AvgIpc) is 2.96. The summed E-state index contributed by atoms with van der Waals surface area (Å²) in [6, 6.07) is 21.8. The Morgan fingerprint density at radius 3 is 2.59 bits per heavy atom. The summed E-state index contributed by atoms with van der Waals surface area (Å²) in [6.07, 6.45) is 0. The minimum atomic E-state index is -0.314. The zero-order valence-electron chi connectivity index (χ0n) is 15.7. The molecule has 0 bridgehead atoms. The van der Waals surface area contributed by atoms with E-state index in [0.717, 1.165) is 11.3 Å². The fraction of sp³-hybridized carbons (Fsp3) is 0.0870. The number of rotatable bonds is 4. The van der Waals surface area contributed by atoms with Gasteiger partial charge in [0.1, 0.15) is 12.3 Å². The number of aliphatic imine (C=N–C) groups is 1. The van der Waals surface area contributed by atoms with Crippen LogP contribution in [0.3, 0.4) is 0 Å². The number of para-hydroxylation sites is 2. The summed E-state index contributed by atoms with van der Waals surface area (Å²) in [5.41, 5.74) is 3.93. The lowest BCUT2D eigenvalue weighted by Gasteiger charge is -2.17. The molecule has 3 aromatic carbocycles. The maximum Gasteiger partial charge on any atom is 0.278 e. The maximum atomic E-state index is 13.1. The highest BCUT2D eigenvalue weighted by molar-refractivity contribution is 6.55. The summed E-state index contributed by atoms with van der Waals surface area (Å²) < 4.78 is 0. The number of benzene rings is 3. The molecule has 1 aliphatic rings. The third kappa shape index (κ3) is 3.91. The maximum absolute atomic E-state index is 13.1. The minimum Gasteiger partial charge on any atom is -0.324 e. The Balaban J connectivity index is 1.62. The Kier molecular flexibility index (Phi) is 5.14. The summed E-state index contributed by atoms with van der Waals surface area (Å²) in [4.78, 5) is 31.7. The molecule has 144 valence electrons. The van der Waals surface area contributed by atoms with Crippen molar-refractivity contribution in [2.75, 3.05) is 16.8 Å². The van der Waals surface area contributed by atoms with Gasteiger partial charge in [0.05, 0.1) is 11.4 Å². The van der Waals surface area contributed by atoms with Gasteiger partial charge >= 0.3 is 0 Å². The van der Waals surface area contributed by atoms with Crippen molar-refractivity contribution in [1.29, 1.82) is 0 Å². The van der Waals surface area contributed by atoms with Gasteiger partial charge in [-0.05, 0) is 42.8 Å². The number of nitrogens with one attached hydrogen (secondary N) is 1. The zero-order chi connectivity index (χ0) is 20.4. The summed E-state index contributed by atoms with van der Waals surface area (Å²) in [6.45, 7) is 1.82. The lowest BCUT2D eigenvalue weighted by molar-refractivity contribution is -0.118. The van der Waals surface area contributed by atoms with Gasteiger partial charge in [-0.2, -0.15) is 0 Å².